The van der Waals surface area contributed by atoms with Gasteiger partial charge in [0.2, 0.25) is 5.91 Å². The van der Waals surface area contributed by atoms with Crippen LogP contribution in [0.2, 0.25) is 0 Å². The first-order valence-corrected chi connectivity index (χ1v) is 10.5. The highest BCUT2D eigenvalue weighted by Crippen LogP contribution is 2.19. The van der Waals surface area contributed by atoms with Gasteiger partial charge in [-0.15, -0.1) is 0 Å². The Morgan fingerprint density at radius 1 is 1.14 bits per heavy atom. The topological polar surface area (TPSA) is 61.9 Å². The van der Waals surface area contributed by atoms with Crippen molar-refractivity contribution in [1.29, 1.82) is 0 Å². The number of carbonyl (C=O) groups excluding carboxylic acids is 2. The molecule has 1 aliphatic heterocycles. The van der Waals surface area contributed by atoms with E-state index in [1.807, 2.05) is 61.8 Å². The Morgan fingerprint density at radius 2 is 1.75 bits per heavy atom. The van der Waals surface area contributed by atoms with E-state index in [9.17, 15) is 9.59 Å². The van der Waals surface area contributed by atoms with Crippen molar-refractivity contribution in [3.8, 4) is 5.75 Å². The zero-order valence-electron chi connectivity index (χ0n) is 17.7. The molecule has 0 bridgehead atoms. The molecule has 156 valence electrons. The summed E-state index contributed by atoms with van der Waals surface area (Å²) in [7, 11) is 0. The summed E-state index contributed by atoms with van der Waals surface area (Å²) >= 11 is 0. The van der Waals surface area contributed by atoms with Crippen LogP contribution in [0.15, 0.2) is 24.3 Å². The SMILES string of the molecule is CCN(CC)C(=O)N1CCC(C(=O)NCCc2ccc(OC(C)C)cc2)CC1. The molecule has 1 fully saturated rings. The van der Waals surface area contributed by atoms with E-state index in [4.69, 9.17) is 4.74 Å². The van der Waals surface area contributed by atoms with Crippen molar-refractivity contribution >= 4 is 11.9 Å². The highest BCUT2D eigenvalue weighted by Gasteiger charge is 2.28. The van der Waals surface area contributed by atoms with Crippen LogP contribution in [-0.2, 0) is 11.2 Å². The van der Waals surface area contributed by atoms with Gasteiger partial charge in [-0.25, -0.2) is 4.79 Å². The highest BCUT2D eigenvalue weighted by molar-refractivity contribution is 5.79. The van der Waals surface area contributed by atoms with Crippen LogP contribution in [0.25, 0.3) is 0 Å². The minimum absolute atomic E-state index is 0.00238. The van der Waals surface area contributed by atoms with Crippen molar-refractivity contribution in [2.24, 2.45) is 5.92 Å². The zero-order chi connectivity index (χ0) is 20.5. The van der Waals surface area contributed by atoms with Crippen molar-refractivity contribution in [2.45, 2.75) is 53.1 Å². The van der Waals surface area contributed by atoms with Crippen LogP contribution in [0, 0.1) is 5.92 Å². The Bertz CT molecular complexity index is 618. The van der Waals surface area contributed by atoms with Crippen LogP contribution in [0.4, 0.5) is 4.79 Å². The molecule has 0 unspecified atom stereocenters. The molecule has 1 saturated heterocycles. The van der Waals surface area contributed by atoms with Gasteiger partial charge >= 0.3 is 6.03 Å². The third-order valence-electron chi connectivity index (χ3n) is 5.18. The van der Waals surface area contributed by atoms with E-state index in [2.05, 4.69) is 5.32 Å². The Labute approximate surface area is 169 Å². The molecule has 0 atom stereocenters. The molecule has 1 aromatic carbocycles. The summed E-state index contributed by atoms with van der Waals surface area (Å²) in [5.41, 5.74) is 1.18. The molecule has 28 heavy (non-hydrogen) atoms. The number of piperidine rings is 1. The molecule has 1 aromatic rings. The quantitative estimate of drug-likeness (QED) is 0.742. The predicted molar refractivity (Wildman–Crippen MR) is 112 cm³/mol. The molecule has 0 radical (unpaired) electrons. The van der Waals surface area contributed by atoms with Gasteiger partial charge in [-0.3, -0.25) is 4.79 Å². The minimum atomic E-state index is 0.00238. The molecule has 0 aliphatic carbocycles. The normalized spacial score (nSPS) is 14.8. The summed E-state index contributed by atoms with van der Waals surface area (Å²) < 4.78 is 5.64. The van der Waals surface area contributed by atoms with Crippen LogP contribution in [0.1, 0.15) is 46.1 Å². The fourth-order valence-corrected chi connectivity index (χ4v) is 3.51. The third kappa shape index (κ3) is 6.43. The maximum Gasteiger partial charge on any atom is 0.319 e. The maximum atomic E-state index is 12.4. The average Bonchev–Trinajstić information content (AvgIpc) is 2.69. The molecule has 6 nitrogen and oxygen atoms in total. The van der Waals surface area contributed by atoms with Crippen LogP contribution in [0.5, 0.6) is 5.75 Å². The molecule has 0 saturated carbocycles. The number of ether oxygens (including phenoxy) is 1. The smallest absolute Gasteiger partial charge is 0.319 e. The predicted octanol–water partition coefficient (Wildman–Crippen LogP) is 3.31. The van der Waals surface area contributed by atoms with Gasteiger partial charge in [-0.05, 0) is 64.7 Å². The second kappa shape index (κ2) is 10.9. The van der Waals surface area contributed by atoms with E-state index in [-0.39, 0.29) is 24.0 Å². The van der Waals surface area contributed by atoms with E-state index in [1.165, 1.54) is 5.56 Å². The summed E-state index contributed by atoms with van der Waals surface area (Å²) in [6.07, 6.45) is 2.44. The standard InChI is InChI=1S/C22H35N3O3/c1-5-24(6-2)22(27)25-15-12-19(13-16-25)21(26)23-14-11-18-7-9-20(10-8-18)28-17(3)4/h7-10,17,19H,5-6,11-16H2,1-4H3,(H,23,26). The van der Waals surface area contributed by atoms with Gasteiger partial charge in [0, 0.05) is 38.6 Å². The number of hydrogen-bond donors (Lipinski definition) is 1. The van der Waals surface area contributed by atoms with E-state index >= 15 is 0 Å². The number of rotatable bonds is 8. The fraction of sp³-hybridized carbons (Fsp3) is 0.636. The largest absolute Gasteiger partial charge is 0.491 e. The molecule has 2 rings (SSSR count). The molecule has 1 aliphatic rings. The lowest BCUT2D eigenvalue weighted by Gasteiger charge is -2.34. The van der Waals surface area contributed by atoms with Gasteiger partial charge in [0.15, 0.2) is 0 Å². The van der Waals surface area contributed by atoms with Crippen molar-refractivity contribution in [3.63, 3.8) is 0 Å². The lowest BCUT2D eigenvalue weighted by atomic mass is 9.96. The molecule has 1 N–H and O–H groups in total. The summed E-state index contributed by atoms with van der Waals surface area (Å²) in [4.78, 5) is 28.5. The summed E-state index contributed by atoms with van der Waals surface area (Å²) in [5, 5.41) is 3.05. The second-order valence-electron chi connectivity index (χ2n) is 7.57. The van der Waals surface area contributed by atoms with Crippen molar-refractivity contribution in [1.82, 2.24) is 15.1 Å². The first-order chi connectivity index (χ1) is 13.4. The Morgan fingerprint density at radius 3 is 2.29 bits per heavy atom. The number of hydrogen-bond acceptors (Lipinski definition) is 3. The summed E-state index contributed by atoms with van der Waals surface area (Å²) in [6, 6.07) is 8.12. The first-order valence-electron chi connectivity index (χ1n) is 10.5. The van der Waals surface area contributed by atoms with Crippen molar-refractivity contribution in [2.75, 3.05) is 32.7 Å². The lowest BCUT2D eigenvalue weighted by Crippen LogP contribution is -2.48. The number of amides is 3. The Balaban J connectivity index is 1.71. The number of likely N-dealkylation sites (tertiary alicyclic amines) is 1. The zero-order valence-corrected chi connectivity index (χ0v) is 17.7. The van der Waals surface area contributed by atoms with Gasteiger partial charge in [0.05, 0.1) is 6.10 Å². The second-order valence-corrected chi connectivity index (χ2v) is 7.57. The van der Waals surface area contributed by atoms with Gasteiger partial charge in [-0.2, -0.15) is 0 Å². The van der Waals surface area contributed by atoms with Gasteiger partial charge < -0.3 is 19.9 Å². The lowest BCUT2D eigenvalue weighted by molar-refractivity contribution is -0.126. The minimum Gasteiger partial charge on any atom is -0.491 e. The molecular formula is C22H35N3O3. The van der Waals surface area contributed by atoms with E-state index in [1.54, 1.807) is 0 Å². The molecule has 0 aromatic heterocycles. The molecule has 1 heterocycles. The number of benzene rings is 1. The van der Waals surface area contributed by atoms with Gasteiger partial charge in [-0.1, -0.05) is 12.1 Å². The van der Waals surface area contributed by atoms with E-state index < -0.39 is 0 Å². The molecule has 6 heteroatoms. The number of carbonyl (C=O) groups is 2. The number of urea groups is 1. The van der Waals surface area contributed by atoms with Crippen LogP contribution < -0.4 is 10.1 Å². The number of nitrogens with zero attached hydrogens (tertiary/aromatic N) is 2. The van der Waals surface area contributed by atoms with Crippen LogP contribution in [-0.4, -0.2) is 60.6 Å². The number of nitrogens with one attached hydrogen (secondary N) is 1. The summed E-state index contributed by atoms with van der Waals surface area (Å²) in [6.45, 7) is 11.4. The van der Waals surface area contributed by atoms with Crippen molar-refractivity contribution in [3.05, 3.63) is 29.8 Å². The fourth-order valence-electron chi connectivity index (χ4n) is 3.51. The van der Waals surface area contributed by atoms with Gasteiger partial charge in [0.25, 0.3) is 0 Å². The molecule has 0 spiro atoms. The average molecular weight is 390 g/mol. The maximum absolute atomic E-state index is 12.4. The van der Waals surface area contributed by atoms with E-state index in [0.717, 1.165) is 38.1 Å². The van der Waals surface area contributed by atoms with Crippen LogP contribution in [0.3, 0.4) is 0 Å². The van der Waals surface area contributed by atoms with Crippen LogP contribution >= 0.6 is 0 Å². The first kappa shape index (κ1) is 22.1. The third-order valence-corrected chi connectivity index (χ3v) is 5.18. The molecular weight excluding hydrogens is 354 g/mol. The van der Waals surface area contributed by atoms with E-state index in [0.29, 0.717) is 19.6 Å². The monoisotopic (exact) mass is 389 g/mol. The van der Waals surface area contributed by atoms with Gasteiger partial charge in [0.1, 0.15) is 5.75 Å². The Hall–Kier alpha value is -2.24. The highest BCUT2D eigenvalue weighted by atomic mass is 16.5. The molecule has 3 amide bonds. The summed E-state index contributed by atoms with van der Waals surface area (Å²) in [5.74, 6) is 0.978. The Kier molecular flexibility index (Phi) is 8.61. The van der Waals surface area contributed by atoms with Crippen molar-refractivity contribution < 1.29 is 14.3 Å².